The number of morpholine rings is 1. The third-order valence-electron chi connectivity index (χ3n) is 3.36. The normalized spacial score (nSPS) is 20.3. The molecule has 0 aliphatic carbocycles. The standard InChI is InChI=1S/C16H26N2O2/c1-13(2)20-16-7-5-4-6-14(16)10-17-11-15-12-18(3)8-9-19-15/h4-7,13,15,17H,8-12H2,1-3H3/t15-/m1/s1. The van der Waals surface area contributed by atoms with E-state index in [1.165, 1.54) is 5.56 Å². The van der Waals surface area contributed by atoms with Gasteiger partial charge in [-0.3, -0.25) is 0 Å². The van der Waals surface area contributed by atoms with Crippen LogP contribution in [0.1, 0.15) is 19.4 Å². The minimum absolute atomic E-state index is 0.200. The fourth-order valence-corrected chi connectivity index (χ4v) is 2.38. The monoisotopic (exact) mass is 278 g/mol. The van der Waals surface area contributed by atoms with Crippen LogP contribution in [0.25, 0.3) is 0 Å². The fourth-order valence-electron chi connectivity index (χ4n) is 2.38. The van der Waals surface area contributed by atoms with E-state index in [1.807, 2.05) is 12.1 Å². The molecule has 1 N–H and O–H groups in total. The number of para-hydroxylation sites is 1. The van der Waals surface area contributed by atoms with Crippen molar-refractivity contribution in [3.63, 3.8) is 0 Å². The number of likely N-dealkylation sites (N-methyl/N-ethyl adjacent to an activating group) is 1. The van der Waals surface area contributed by atoms with Crippen molar-refractivity contribution in [1.82, 2.24) is 10.2 Å². The summed E-state index contributed by atoms with van der Waals surface area (Å²) in [4.78, 5) is 2.31. The summed E-state index contributed by atoms with van der Waals surface area (Å²) in [5.74, 6) is 0.969. The molecule has 4 heteroatoms. The quantitative estimate of drug-likeness (QED) is 0.861. The molecule has 2 rings (SSSR count). The van der Waals surface area contributed by atoms with Gasteiger partial charge >= 0.3 is 0 Å². The van der Waals surface area contributed by atoms with Crippen molar-refractivity contribution < 1.29 is 9.47 Å². The molecule has 0 unspecified atom stereocenters. The van der Waals surface area contributed by atoms with Gasteiger partial charge in [0.15, 0.2) is 0 Å². The van der Waals surface area contributed by atoms with Gasteiger partial charge in [-0.1, -0.05) is 18.2 Å². The molecule has 0 amide bonds. The van der Waals surface area contributed by atoms with Crippen molar-refractivity contribution >= 4 is 0 Å². The van der Waals surface area contributed by atoms with E-state index in [-0.39, 0.29) is 12.2 Å². The van der Waals surface area contributed by atoms with Gasteiger partial charge in [0.1, 0.15) is 5.75 Å². The Kier molecular flexibility index (Phi) is 5.83. The molecule has 1 heterocycles. The lowest BCUT2D eigenvalue weighted by molar-refractivity contribution is -0.0182. The van der Waals surface area contributed by atoms with Gasteiger partial charge < -0.3 is 19.7 Å². The molecule has 20 heavy (non-hydrogen) atoms. The Hall–Kier alpha value is -1.10. The molecule has 1 fully saturated rings. The summed E-state index contributed by atoms with van der Waals surface area (Å²) in [5, 5.41) is 3.47. The summed E-state index contributed by atoms with van der Waals surface area (Å²) >= 11 is 0. The highest BCUT2D eigenvalue weighted by atomic mass is 16.5. The highest BCUT2D eigenvalue weighted by molar-refractivity contribution is 5.33. The molecule has 1 atom stereocenters. The lowest BCUT2D eigenvalue weighted by Crippen LogP contribution is -2.44. The Labute approximate surface area is 122 Å². The van der Waals surface area contributed by atoms with Crippen LogP contribution in [0.3, 0.4) is 0 Å². The van der Waals surface area contributed by atoms with Gasteiger partial charge in [0.05, 0.1) is 18.8 Å². The zero-order valence-corrected chi connectivity index (χ0v) is 12.8. The van der Waals surface area contributed by atoms with Gasteiger partial charge in [-0.05, 0) is 27.0 Å². The molecule has 0 bridgehead atoms. The molecular weight excluding hydrogens is 252 g/mol. The first kappa shape index (κ1) is 15.3. The van der Waals surface area contributed by atoms with Gasteiger partial charge in [-0.25, -0.2) is 0 Å². The van der Waals surface area contributed by atoms with Crippen LogP contribution in [0, 0.1) is 0 Å². The van der Waals surface area contributed by atoms with E-state index in [2.05, 4.69) is 43.2 Å². The number of benzene rings is 1. The van der Waals surface area contributed by atoms with Crippen LogP contribution < -0.4 is 10.1 Å². The van der Waals surface area contributed by atoms with Crippen molar-refractivity contribution in [1.29, 1.82) is 0 Å². The smallest absolute Gasteiger partial charge is 0.124 e. The summed E-state index contributed by atoms with van der Waals surface area (Å²) in [7, 11) is 2.14. The van der Waals surface area contributed by atoms with Gasteiger partial charge in [-0.15, -0.1) is 0 Å². The fraction of sp³-hybridized carbons (Fsp3) is 0.625. The van der Waals surface area contributed by atoms with Crippen LogP contribution >= 0.6 is 0 Å². The minimum Gasteiger partial charge on any atom is -0.491 e. The third-order valence-corrected chi connectivity index (χ3v) is 3.36. The van der Waals surface area contributed by atoms with E-state index >= 15 is 0 Å². The second-order valence-corrected chi connectivity index (χ2v) is 5.66. The number of rotatable bonds is 6. The van der Waals surface area contributed by atoms with E-state index in [0.29, 0.717) is 0 Å². The highest BCUT2D eigenvalue weighted by Gasteiger charge is 2.17. The summed E-state index contributed by atoms with van der Waals surface area (Å²) in [6.07, 6.45) is 0.485. The van der Waals surface area contributed by atoms with Crippen LogP contribution in [0.15, 0.2) is 24.3 Å². The first-order valence-electron chi connectivity index (χ1n) is 7.40. The highest BCUT2D eigenvalue weighted by Crippen LogP contribution is 2.19. The SMILES string of the molecule is CC(C)Oc1ccccc1CNC[C@@H]1CN(C)CCO1. The van der Waals surface area contributed by atoms with E-state index in [4.69, 9.17) is 9.47 Å². The maximum atomic E-state index is 5.83. The Balaban J connectivity index is 1.81. The van der Waals surface area contributed by atoms with Gasteiger partial charge in [0.25, 0.3) is 0 Å². The van der Waals surface area contributed by atoms with E-state index < -0.39 is 0 Å². The molecule has 0 spiro atoms. The topological polar surface area (TPSA) is 33.7 Å². The molecule has 1 aliphatic heterocycles. The Bertz CT molecular complexity index is 409. The van der Waals surface area contributed by atoms with Crippen molar-refractivity contribution in [3.8, 4) is 5.75 Å². The number of nitrogens with zero attached hydrogens (tertiary/aromatic N) is 1. The maximum Gasteiger partial charge on any atom is 0.124 e. The molecule has 1 aliphatic rings. The Morgan fingerprint density at radius 2 is 2.20 bits per heavy atom. The van der Waals surface area contributed by atoms with Crippen LogP contribution in [0.2, 0.25) is 0 Å². The lowest BCUT2D eigenvalue weighted by Gasteiger charge is -2.30. The zero-order valence-electron chi connectivity index (χ0n) is 12.8. The second kappa shape index (κ2) is 7.62. The zero-order chi connectivity index (χ0) is 14.4. The molecule has 0 aromatic heterocycles. The summed E-state index contributed by atoms with van der Waals surface area (Å²) < 4.78 is 11.6. The van der Waals surface area contributed by atoms with Crippen LogP contribution in [0.5, 0.6) is 5.75 Å². The predicted octanol–water partition coefficient (Wildman–Crippen LogP) is 1.89. The first-order valence-corrected chi connectivity index (χ1v) is 7.40. The largest absolute Gasteiger partial charge is 0.491 e. The molecule has 112 valence electrons. The molecule has 0 radical (unpaired) electrons. The van der Waals surface area contributed by atoms with Crippen molar-refractivity contribution in [2.75, 3.05) is 33.3 Å². The molecule has 1 saturated heterocycles. The Morgan fingerprint density at radius 1 is 1.40 bits per heavy atom. The van der Waals surface area contributed by atoms with Crippen LogP contribution in [-0.2, 0) is 11.3 Å². The number of ether oxygens (including phenoxy) is 2. The van der Waals surface area contributed by atoms with E-state index in [0.717, 1.165) is 38.5 Å². The average molecular weight is 278 g/mol. The molecular formula is C16H26N2O2. The van der Waals surface area contributed by atoms with E-state index in [1.54, 1.807) is 0 Å². The molecule has 0 saturated carbocycles. The maximum absolute atomic E-state index is 5.83. The van der Waals surface area contributed by atoms with Gasteiger partial charge in [0, 0.05) is 31.7 Å². The predicted molar refractivity (Wildman–Crippen MR) is 81.1 cm³/mol. The lowest BCUT2D eigenvalue weighted by atomic mass is 10.2. The molecule has 1 aromatic rings. The van der Waals surface area contributed by atoms with Crippen LogP contribution in [-0.4, -0.2) is 50.4 Å². The van der Waals surface area contributed by atoms with Crippen LogP contribution in [0.4, 0.5) is 0 Å². The van der Waals surface area contributed by atoms with Crippen molar-refractivity contribution in [2.45, 2.75) is 32.6 Å². The average Bonchev–Trinajstić information content (AvgIpc) is 2.40. The second-order valence-electron chi connectivity index (χ2n) is 5.66. The summed E-state index contributed by atoms with van der Waals surface area (Å²) in [6.45, 7) is 8.65. The Morgan fingerprint density at radius 3 is 2.95 bits per heavy atom. The summed E-state index contributed by atoms with van der Waals surface area (Å²) in [6, 6.07) is 8.20. The minimum atomic E-state index is 0.200. The third kappa shape index (κ3) is 4.78. The van der Waals surface area contributed by atoms with Crippen molar-refractivity contribution in [2.24, 2.45) is 0 Å². The first-order chi connectivity index (χ1) is 9.65. The number of hydrogen-bond donors (Lipinski definition) is 1. The molecule has 1 aromatic carbocycles. The van der Waals surface area contributed by atoms with E-state index in [9.17, 15) is 0 Å². The van der Waals surface area contributed by atoms with Gasteiger partial charge in [0.2, 0.25) is 0 Å². The van der Waals surface area contributed by atoms with Gasteiger partial charge in [-0.2, -0.15) is 0 Å². The number of nitrogens with one attached hydrogen (secondary N) is 1. The number of hydrogen-bond acceptors (Lipinski definition) is 4. The van der Waals surface area contributed by atoms with Crippen molar-refractivity contribution in [3.05, 3.63) is 29.8 Å². The summed E-state index contributed by atoms with van der Waals surface area (Å²) in [5.41, 5.74) is 1.20. The molecule has 4 nitrogen and oxygen atoms in total.